The third-order valence-electron chi connectivity index (χ3n) is 2.80. The molecule has 0 spiro atoms. The number of hydrogen-bond donors (Lipinski definition) is 2. The van der Waals surface area contributed by atoms with Crippen LogP contribution in [0.3, 0.4) is 0 Å². The van der Waals surface area contributed by atoms with E-state index in [1.54, 1.807) is 0 Å². The summed E-state index contributed by atoms with van der Waals surface area (Å²) in [5, 5.41) is 8.67. The second-order valence-corrected chi connectivity index (χ2v) is 4.04. The van der Waals surface area contributed by atoms with Gasteiger partial charge in [0.25, 0.3) is 0 Å². The van der Waals surface area contributed by atoms with Gasteiger partial charge < -0.3 is 20.1 Å². The molecule has 1 aromatic carbocycles. The lowest BCUT2D eigenvalue weighted by Gasteiger charge is -2.08. The number of hydrogen-bond acceptors (Lipinski definition) is 4. The zero-order valence-corrected chi connectivity index (χ0v) is 10.4. The number of nitrogens with two attached hydrogens (primary N) is 1. The summed E-state index contributed by atoms with van der Waals surface area (Å²) in [6.45, 7) is 2.31. The van der Waals surface area contributed by atoms with Gasteiger partial charge >= 0.3 is 0 Å². The first-order valence-corrected chi connectivity index (χ1v) is 6.19. The van der Waals surface area contributed by atoms with Crippen molar-refractivity contribution in [1.82, 2.24) is 9.55 Å². The summed E-state index contributed by atoms with van der Waals surface area (Å²) in [6.07, 6.45) is 0.759. The van der Waals surface area contributed by atoms with Crippen LogP contribution < -0.4 is 5.73 Å². The molecule has 1 aromatic heterocycles. The molecular weight excluding hydrogens is 230 g/mol. The van der Waals surface area contributed by atoms with Crippen molar-refractivity contribution in [2.45, 2.75) is 13.0 Å². The standard InChI is InChI=1S/C13H19N3O2/c14-6-5-13-15-11-3-1-2-4-12(11)16(13)7-9-18-10-8-17/h1-4,17H,5-10,14H2. The van der Waals surface area contributed by atoms with Gasteiger partial charge in [0.05, 0.1) is 30.9 Å². The van der Waals surface area contributed by atoms with E-state index in [-0.39, 0.29) is 6.61 Å². The molecule has 0 aliphatic rings. The van der Waals surface area contributed by atoms with Crippen molar-refractivity contribution in [2.24, 2.45) is 5.73 Å². The first kappa shape index (κ1) is 13.0. The van der Waals surface area contributed by atoms with Gasteiger partial charge in [-0.15, -0.1) is 0 Å². The van der Waals surface area contributed by atoms with Crippen molar-refractivity contribution in [3.05, 3.63) is 30.1 Å². The van der Waals surface area contributed by atoms with E-state index in [9.17, 15) is 0 Å². The van der Waals surface area contributed by atoms with E-state index < -0.39 is 0 Å². The van der Waals surface area contributed by atoms with Crippen molar-refractivity contribution in [2.75, 3.05) is 26.4 Å². The SMILES string of the molecule is NCCc1nc2ccccc2n1CCOCCO. The topological polar surface area (TPSA) is 73.3 Å². The Labute approximate surface area is 106 Å². The van der Waals surface area contributed by atoms with Crippen LogP contribution in [0.5, 0.6) is 0 Å². The number of para-hydroxylation sites is 2. The summed E-state index contributed by atoms with van der Waals surface area (Å²) in [4.78, 5) is 4.58. The number of benzene rings is 1. The molecule has 0 aliphatic carbocycles. The maximum atomic E-state index is 8.67. The minimum absolute atomic E-state index is 0.0559. The minimum Gasteiger partial charge on any atom is -0.394 e. The lowest BCUT2D eigenvalue weighted by atomic mass is 10.3. The van der Waals surface area contributed by atoms with E-state index in [2.05, 4.69) is 9.55 Å². The fraction of sp³-hybridized carbons (Fsp3) is 0.462. The normalized spacial score (nSPS) is 11.2. The van der Waals surface area contributed by atoms with Gasteiger partial charge in [-0.2, -0.15) is 0 Å². The van der Waals surface area contributed by atoms with Gasteiger partial charge in [-0.3, -0.25) is 0 Å². The molecule has 0 radical (unpaired) electrons. The van der Waals surface area contributed by atoms with Crippen molar-refractivity contribution in [3.8, 4) is 0 Å². The van der Waals surface area contributed by atoms with Gasteiger partial charge in [-0.05, 0) is 18.7 Å². The molecule has 5 nitrogen and oxygen atoms in total. The third-order valence-corrected chi connectivity index (χ3v) is 2.80. The monoisotopic (exact) mass is 249 g/mol. The fourth-order valence-electron chi connectivity index (χ4n) is 2.02. The van der Waals surface area contributed by atoms with Crippen LogP contribution in [0.15, 0.2) is 24.3 Å². The summed E-state index contributed by atoms with van der Waals surface area (Å²) in [5.74, 6) is 0.992. The number of aliphatic hydroxyl groups is 1. The molecule has 1 heterocycles. The van der Waals surface area contributed by atoms with E-state index in [0.29, 0.717) is 19.8 Å². The number of rotatable bonds is 7. The van der Waals surface area contributed by atoms with Crippen LogP contribution in [-0.4, -0.2) is 41.0 Å². The largest absolute Gasteiger partial charge is 0.394 e. The van der Waals surface area contributed by atoms with Gasteiger partial charge in [0, 0.05) is 13.0 Å². The molecule has 5 heteroatoms. The first-order valence-electron chi connectivity index (χ1n) is 6.19. The molecule has 0 unspecified atom stereocenters. The zero-order chi connectivity index (χ0) is 12.8. The molecule has 98 valence electrons. The highest BCUT2D eigenvalue weighted by Gasteiger charge is 2.09. The summed E-state index contributed by atoms with van der Waals surface area (Å²) >= 11 is 0. The van der Waals surface area contributed by atoms with E-state index in [1.165, 1.54) is 0 Å². The molecule has 0 fully saturated rings. The minimum atomic E-state index is 0.0559. The zero-order valence-electron chi connectivity index (χ0n) is 10.4. The van der Waals surface area contributed by atoms with Crippen molar-refractivity contribution in [1.29, 1.82) is 0 Å². The Morgan fingerprint density at radius 1 is 1.28 bits per heavy atom. The number of aromatic nitrogens is 2. The van der Waals surface area contributed by atoms with Crippen molar-refractivity contribution < 1.29 is 9.84 Å². The second kappa shape index (κ2) is 6.49. The maximum absolute atomic E-state index is 8.67. The summed E-state index contributed by atoms with van der Waals surface area (Å²) < 4.78 is 7.45. The van der Waals surface area contributed by atoms with E-state index in [0.717, 1.165) is 29.8 Å². The quantitative estimate of drug-likeness (QED) is 0.703. The Morgan fingerprint density at radius 3 is 2.89 bits per heavy atom. The van der Waals surface area contributed by atoms with E-state index in [1.807, 2.05) is 24.3 Å². The van der Waals surface area contributed by atoms with Crippen LogP contribution >= 0.6 is 0 Å². The predicted molar refractivity (Wildman–Crippen MR) is 70.4 cm³/mol. The molecular formula is C13H19N3O2. The van der Waals surface area contributed by atoms with Gasteiger partial charge in [0.15, 0.2) is 0 Å². The Balaban J connectivity index is 2.19. The van der Waals surface area contributed by atoms with Crippen molar-refractivity contribution in [3.63, 3.8) is 0 Å². The lowest BCUT2D eigenvalue weighted by Crippen LogP contribution is -2.14. The molecule has 3 N–H and O–H groups in total. The fourth-order valence-corrected chi connectivity index (χ4v) is 2.02. The molecule has 2 aromatic rings. The number of fused-ring (bicyclic) bond motifs is 1. The molecule has 0 bridgehead atoms. The summed E-state index contributed by atoms with van der Waals surface area (Å²) in [7, 11) is 0. The molecule has 0 aliphatic heterocycles. The summed E-state index contributed by atoms with van der Waals surface area (Å²) in [5.41, 5.74) is 7.70. The maximum Gasteiger partial charge on any atom is 0.111 e. The highest BCUT2D eigenvalue weighted by atomic mass is 16.5. The first-order chi connectivity index (χ1) is 8.86. The van der Waals surface area contributed by atoms with Crippen LogP contribution in [0.4, 0.5) is 0 Å². The summed E-state index contributed by atoms with van der Waals surface area (Å²) in [6, 6.07) is 8.03. The Morgan fingerprint density at radius 2 is 2.11 bits per heavy atom. The smallest absolute Gasteiger partial charge is 0.111 e. The number of nitrogens with zero attached hydrogens (tertiary/aromatic N) is 2. The van der Waals surface area contributed by atoms with Crippen LogP contribution in [-0.2, 0) is 17.7 Å². The molecule has 0 saturated heterocycles. The molecule has 2 rings (SSSR count). The van der Waals surface area contributed by atoms with Gasteiger partial charge in [0.2, 0.25) is 0 Å². The van der Waals surface area contributed by atoms with Crippen LogP contribution in [0.2, 0.25) is 0 Å². The molecule has 0 amide bonds. The number of ether oxygens (including phenoxy) is 1. The number of imidazole rings is 1. The second-order valence-electron chi connectivity index (χ2n) is 4.04. The molecule has 0 saturated carbocycles. The Bertz CT molecular complexity index is 496. The average Bonchev–Trinajstić information content (AvgIpc) is 2.73. The van der Waals surface area contributed by atoms with Gasteiger partial charge in [0.1, 0.15) is 5.82 Å². The Kier molecular flexibility index (Phi) is 4.69. The average molecular weight is 249 g/mol. The van der Waals surface area contributed by atoms with Gasteiger partial charge in [-0.1, -0.05) is 12.1 Å². The molecule has 0 atom stereocenters. The highest BCUT2D eigenvalue weighted by molar-refractivity contribution is 5.75. The van der Waals surface area contributed by atoms with Crippen LogP contribution in [0, 0.1) is 0 Å². The lowest BCUT2D eigenvalue weighted by molar-refractivity contribution is 0.0871. The Hall–Kier alpha value is -1.43. The number of aliphatic hydroxyl groups excluding tert-OH is 1. The van der Waals surface area contributed by atoms with E-state index in [4.69, 9.17) is 15.6 Å². The third kappa shape index (κ3) is 2.87. The van der Waals surface area contributed by atoms with Gasteiger partial charge in [-0.25, -0.2) is 4.98 Å². The predicted octanol–water partition coefficient (Wildman–Crippen LogP) is 0.546. The molecule has 18 heavy (non-hydrogen) atoms. The van der Waals surface area contributed by atoms with Crippen molar-refractivity contribution >= 4 is 11.0 Å². The highest BCUT2D eigenvalue weighted by Crippen LogP contribution is 2.16. The van der Waals surface area contributed by atoms with E-state index >= 15 is 0 Å². The van der Waals surface area contributed by atoms with Crippen LogP contribution in [0.25, 0.3) is 11.0 Å². The van der Waals surface area contributed by atoms with Crippen LogP contribution in [0.1, 0.15) is 5.82 Å².